The summed E-state index contributed by atoms with van der Waals surface area (Å²) in [6, 6.07) is 25.0. The van der Waals surface area contributed by atoms with Crippen molar-refractivity contribution in [2.45, 2.75) is 12.5 Å². The van der Waals surface area contributed by atoms with Gasteiger partial charge in [0.15, 0.2) is 6.61 Å². The molecule has 0 N–H and O–H groups in total. The average Bonchev–Trinajstić information content (AvgIpc) is 3.32. The van der Waals surface area contributed by atoms with Crippen molar-refractivity contribution in [3.8, 4) is 17.4 Å². The highest BCUT2D eigenvalue weighted by molar-refractivity contribution is 7.10. The van der Waals surface area contributed by atoms with Crippen molar-refractivity contribution in [3.05, 3.63) is 106 Å². The van der Waals surface area contributed by atoms with Crippen LogP contribution in [-0.2, 0) is 11.2 Å². The number of nitrogens with zero attached hydrogens (tertiary/aromatic N) is 2. The van der Waals surface area contributed by atoms with Gasteiger partial charge in [-0.25, -0.2) is 4.98 Å². The zero-order valence-electron chi connectivity index (χ0n) is 17.4. The standard InChI is InChI=1S/C26H22N2O3S/c29-25(18-30-20-9-6-10-21(17-20)31-24-11-4-5-14-27-24)28-15-12-23-22(13-16-32-23)26(28)19-7-2-1-3-8-19/h1-11,13-14,16-17,26H,12,15,18H2/t26-/m0/s1. The number of carbonyl (C=O) groups excluding carboxylic acids is 1. The maximum Gasteiger partial charge on any atom is 0.261 e. The molecule has 1 atom stereocenters. The Morgan fingerprint density at radius 2 is 1.84 bits per heavy atom. The van der Waals surface area contributed by atoms with E-state index >= 15 is 0 Å². The normalized spacial score (nSPS) is 15.1. The lowest BCUT2D eigenvalue weighted by atomic mass is 9.93. The molecule has 4 aromatic rings. The largest absolute Gasteiger partial charge is 0.484 e. The molecule has 5 rings (SSSR count). The van der Waals surface area contributed by atoms with Gasteiger partial charge in [0, 0.05) is 29.8 Å². The van der Waals surface area contributed by atoms with E-state index < -0.39 is 0 Å². The molecule has 2 aromatic carbocycles. The molecule has 2 aromatic heterocycles. The number of hydrogen-bond donors (Lipinski definition) is 0. The van der Waals surface area contributed by atoms with Crippen LogP contribution in [0.4, 0.5) is 0 Å². The van der Waals surface area contributed by atoms with E-state index in [9.17, 15) is 4.79 Å². The van der Waals surface area contributed by atoms with Crippen LogP contribution in [0.1, 0.15) is 22.0 Å². The van der Waals surface area contributed by atoms with E-state index in [1.165, 1.54) is 10.4 Å². The van der Waals surface area contributed by atoms with E-state index in [1.807, 2.05) is 53.4 Å². The third kappa shape index (κ3) is 4.36. The average molecular weight is 443 g/mol. The van der Waals surface area contributed by atoms with Gasteiger partial charge < -0.3 is 14.4 Å². The SMILES string of the molecule is O=C(COc1cccc(Oc2ccccn2)c1)N1CCc2sccc2[C@@H]1c1ccccc1. The minimum Gasteiger partial charge on any atom is -0.484 e. The summed E-state index contributed by atoms with van der Waals surface area (Å²) >= 11 is 1.76. The number of fused-ring (bicyclic) bond motifs is 1. The second-order valence-corrected chi connectivity index (χ2v) is 8.48. The lowest BCUT2D eigenvalue weighted by Gasteiger charge is -2.36. The van der Waals surface area contributed by atoms with Gasteiger partial charge in [0.05, 0.1) is 6.04 Å². The molecular formula is C26H22N2O3S. The summed E-state index contributed by atoms with van der Waals surface area (Å²) in [4.78, 5) is 20.7. The van der Waals surface area contributed by atoms with E-state index in [-0.39, 0.29) is 18.6 Å². The van der Waals surface area contributed by atoms with Gasteiger partial charge in [0.2, 0.25) is 5.88 Å². The first-order valence-corrected chi connectivity index (χ1v) is 11.4. The second-order valence-electron chi connectivity index (χ2n) is 7.48. The Hall–Kier alpha value is -3.64. The van der Waals surface area contributed by atoms with Crippen molar-refractivity contribution in [2.75, 3.05) is 13.2 Å². The highest BCUT2D eigenvalue weighted by Gasteiger charge is 2.32. The number of amides is 1. The highest BCUT2D eigenvalue weighted by atomic mass is 32.1. The van der Waals surface area contributed by atoms with E-state index in [4.69, 9.17) is 9.47 Å². The molecule has 1 aliphatic heterocycles. The van der Waals surface area contributed by atoms with Gasteiger partial charge in [-0.15, -0.1) is 11.3 Å². The Bertz CT molecular complexity index is 1190. The quantitative estimate of drug-likeness (QED) is 0.396. The van der Waals surface area contributed by atoms with Crippen molar-refractivity contribution < 1.29 is 14.3 Å². The molecule has 0 saturated carbocycles. The van der Waals surface area contributed by atoms with Crippen LogP contribution in [0.2, 0.25) is 0 Å². The van der Waals surface area contributed by atoms with E-state index in [1.54, 1.807) is 29.7 Å². The Labute approximate surface area is 190 Å². The number of rotatable bonds is 6. The van der Waals surface area contributed by atoms with Crippen LogP contribution in [0.15, 0.2) is 90.4 Å². The molecule has 0 spiro atoms. The number of hydrogen-bond acceptors (Lipinski definition) is 5. The molecule has 32 heavy (non-hydrogen) atoms. The molecule has 0 fully saturated rings. The Balaban J connectivity index is 1.30. The number of pyridine rings is 1. The van der Waals surface area contributed by atoms with Crippen molar-refractivity contribution in [1.82, 2.24) is 9.88 Å². The van der Waals surface area contributed by atoms with Gasteiger partial charge in [0.25, 0.3) is 5.91 Å². The van der Waals surface area contributed by atoms with Crippen molar-refractivity contribution >= 4 is 17.2 Å². The molecule has 1 aliphatic rings. The van der Waals surface area contributed by atoms with Crippen LogP contribution < -0.4 is 9.47 Å². The lowest BCUT2D eigenvalue weighted by molar-refractivity contribution is -0.135. The fourth-order valence-corrected chi connectivity index (χ4v) is 4.87. The van der Waals surface area contributed by atoms with Gasteiger partial charge in [-0.3, -0.25) is 4.79 Å². The zero-order valence-corrected chi connectivity index (χ0v) is 18.2. The number of thiophene rings is 1. The number of ether oxygens (including phenoxy) is 2. The van der Waals surface area contributed by atoms with Gasteiger partial charge in [-0.1, -0.05) is 42.5 Å². The molecule has 160 valence electrons. The molecule has 5 nitrogen and oxygen atoms in total. The summed E-state index contributed by atoms with van der Waals surface area (Å²) < 4.78 is 11.6. The van der Waals surface area contributed by atoms with Gasteiger partial charge in [-0.05, 0) is 47.2 Å². The van der Waals surface area contributed by atoms with Crippen LogP contribution in [-0.4, -0.2) is 28.9 Å². The Morgan fingerprint density at radius 1 is 1.00 bits per heavy atom. The molecule has 1 amide bonds. The molecule has 3 heterocycles. The lowest BCUT2D eigenvalue weighted by Crippen LogP contribution is -2.42. The molecule has 6 heteroatoms. The van der Waals surface area contributed by atoms with Crippen LogP contribution >= 0.6 is 11.3 Å². The number of carbonyl (C=O) groups is 1. The maximum absolute atomic E-state index is 13.2. The Morgan fingerprint density at radius 3 is 2.69 bits per heavy atom. The van der Waals surface area contributed by atoms with Crippen molar-refractivity contribution in [2.24, 2.45) is 0 Å². The molecule has 0 bridgehead atoms. The summed E-state index contributed by atoms with van der Waals surface area (Å²) in [6.45, 7) is 0.647. The Kier molecular flexibility index (Phi) is 5.85. The summed E-state index contributed by atoms with van der Waals surface area (Å²) in [5.41, 5.74) is 2.33. The third-order valence-electron chi connectivity index (χ3n) is 5.43. The maximum atomic E-state index is 13.2. The zero-order chi connectivity index (χ0) is 21.8. The summed E-state index contributed by atoms with van der Waals surface area (Å²) in [6.07, 6.45) is 2.55. The van der Waals surface area contributed by atoms with Crippen molar-refractivity contribution in [1.29, 1.82) is 0 Å². The first-order chi connectivity index (χ1) is 15.8. The van der Waals surface area contributed by atoms with Gasteiger partial charge in [-0.2, -0.15) is 0 Å². The first-order valence-electron chi connectivity index (χ1n) is 10.5. The van der Waals surface area contributed by atoms with Crippen molar-refractivity contribution in [3.63, 3.8) is 0 Å². The minimum absolute atomic E-state index is 0.0319. The summed E-state index contributed by atoms with van der Waals surface area (Å²) in [5, 5.41) is 2.11. The smallest absolute Gasteiger partial charge is 0.261 e. The topological polar surface area (TPSA) is 51.7 Å². The molecule has 0 saturated heterocycles. The summed E-state index contributed by atoms with van der Waals surface area (Å²) in [7, 11) is 0. The fraction of sp³-hybridized carbons (Fsp3) is 0.154. The third-order valence-corrected chi connectivity index (χ3v) is 6.43. The number of benzene rings is 2. The molecule has 0 aliphatic carbocycles. The van der Waals surface area contributed by atoms with Gasteiger partial charge in [0.1, 0.15) is 11.5 Å². The van der Waals surface area contributed by atoms with E-state index in [2.05, 4.69) is 28.6 Å². The predicted molar refractivity (Wildman–Crippen MR) is 124 cm³/mol. The molecular weight excluding hydrogens is 420 g/mol. The minimum atomic E-state index is -0.0823. The molecule has 0 radical (unpaired) electrons. The van der Waals surface area contributed by atoms with E-state index in [0.717, 1.165) is 12.0 Å². The molecule has 0 unspecified atom stereocenters. The van der Waals surface area contributed by atoms with Crippen LogP contribution in [0, 0.1) is 0 Å². The van der Waals surface area contributed by atoms with Crippen LogP contribution in [0.25, 0.3) is 0 Å². The highest BCUT2D eigenvalue weighted by Crippen LogP contribution is 2.37. The fourth-order valence-electron chi connectivity index (χ4n) is 3.96. The monoisotopic (exact) mass is 442 g/mol. The van der Waals surface area contributed by atoms with Crippen LogP contribution in [0.3, 0.4) is 0 Å². The van der Waals surface area contributed by atoms with E-state index in [0.29, 0.717) is 23.9 Å². The summed E-state index contributed by atoms with van der Waals surface area (Å²) in [5.74, 6) is 1.66. The second kappa shape index (κ2) is 9.24. The van der Waals surface area contributed by atoms with Gasteiger partial charge >= 0.3 is 0 Å². The predicted octanol–water partition coefficient (Wildman–Crippen LogP) is 5.49. The van der Waals surface area contributed by atoms with Crippen LogP contribution in [0.5, 0.6) is 17.4 Å². The first kappa shape index (κ1) is 20.3. The number of aromatic nitrogens is 1.